The molecule has 1 aliphatic rings. The van der Waals surface area contributed by atoms with Crippen molar-refractivity contribution in [3.63, 3.8) is 0 Å². The minimum Gasteiger partial charge on any atom is -0.496 e. The quantitative estimate of drug-likeness (QED) is 0.842. The lowest BCUT2D eigenvalue weighted by atomic mass is 10.1. The fourth-order valence-electron chi connectivity index (χ4n) is 2.88. The maximum Gasteiger partial charge on any atom is 0.257 e. The Morgan fingerprint density at radius 1 is 1.15 bits per heavy atom. The number of rotatable bonds is 4. The van der Waals surface area contributed by atoms with Crippen LogP contribution in [0.15, 0.2) is 47.5 Å². The predicted molar refractivity (Wildman–Crippen MR) is 96.7 cm³/mol. The Balaban J connectivity index is 1.78. The Bertz CT molecular complexity index is 894. The molecule has 0 atom stereocenters. The Labute approximate surface area is 152 Å². The fraction of sp³-hybridized carbons (Fsp3) is 0.294. The molecular weight excluding hydrogens is 356 g/mol. The van der Waals surface area contributed by atoms with E-state index in [-0.39, 0.29) is 16.4 Å². The van der Waals surface area contributed by atoms with Crippen molar-refractivity contribution in [2.24, 2.45) is 5.14 Å². The molecule has 2 N–H and O–H groups in total. The van der Waals surface area contributed by atoms with Crippen LogP contribution in [0.3, 0.4) is 0 Å². The number of primary sulfonamides is 1. The number of hydrogen-bond donors (Lipinski definition) is 1. The highest BCUT2D eigenvalue weighted by Crippen LogP contribution is 2.24. The van der Waals surface area contributed by atoms with Gasteiger partial charge in [-0.2, -0.15) is 0 Å². The molecule has 1 aromatic carbocycles. The third kappa shape index (κ3) is 3.78. The number of anilines is 1. The van der Waals surface area contributed by atoms with E-state index in [4.69, 9.17) is 9.88 Å². The number of carbonyl (C=O) groups excluding carboxylic acids is 1. The van der Waals surface area contributed by atoms with Crippen LogP contribution in [0.4, 0.5) is 5.82 Å². The molecular formula is C17H20N4O4S. The number of aromatic nitrogens is 1. The molecule has 8 nitrogen and oxygen atoms in total. The van der Waals surface area contributed by atoms with Gasteiger partial charge in [-0.05, 0) is 30.3 Å². The molecule has 2 heterocycles. The lowest BCUT2D eigenvalue weighted by Crippen LogP contribution is -2.49. The maximum atomic E-state index is 12.9. The summed E-state index contributed by atoms with van der Waals surface area (Å²) >= 11 is 0. The Kier molecular flexibility index (Phi) is 5.10. The monoisotopic (exact) mass is 376 g/mol. The molecule has 2 aromatic rings. The smallest absolute Gasteiger partial charge is 0.257 e. The van der Waals surface area contributed by atoms with E-state index in [1.54, 1.807) is 11.1 Å². The number of nitrogens with zero attached hydrogens (tertiary/aromatic N) is 3. The standard InChI is InChI=1S/C17H20N4O4S/c1-25-15-6-5-13(26(18,23)24)12-14(15)17(22)21-10-8-20(9-11-21)16-4-2-3-7-19-16/h2-7,12H,8-11H2,1H3,(H2,18,23,24). The lowest BCUT2D eigenvalue weighted by Gasteiger charge is -2.35. The molecule has 0 aliphatic carbocycles. The van der Waals surface area contributed by atoms with Gasteiger partial charge in [0.1, 0.15) is 11.6 Å². The van der Waals surface area contributed by atoms with Gasteiger partial charge < -0.3 is 14.5 Å². The molecule has 0 bridgehead atoms. The summed E-state index contributed by atoms with van der Waals surface area (Å²) in [4.78, 5) is 20.8. The Morgan fingerprint density at radius 2 is 1.88 bits per heavy atom. The summed E-state index contributed by atoms with van der Waals surface area (Å²) in [6, 6.07) is 9.73. The second kappa shape index (κ2) is 7.30. The van der Waals surface area contributed by atoms with E-state index in [1.807, 2.05) is 18.2 Å². The zero-order valence-electron chi connectivity index (χ0n) is 14.3. The summed E-state index contributed by atoms with van der Waals surface area (Å²) in [7, 11) is -2.47. The van der Waals surface area contributed by atoms with Crippen LogP contribution in [0.25, 0.3) is 0 Å². The largest absolute Gasteiger partial charge is 0.496 e. The molecule has 1 saturated heterocycles. The maximum absolute atomic E-state index is 12.9. The van der Waals surface area contributed by atoms with Gasteiger partial charge in [0.2, 0.25) is 10.0 Å². The van der Waals surface area contributed by atoms with Crippen LogP contribution in [0, 0.1) is 0 Å². The van der Waals surface area contributed by atoms with Crippen molar-refractivity contribution in [2.45, 2.75) is 4.90 Å². The van der Waals surface area contributed by atoms with E-state index in [2.05, 4.69) is 9.88 Å². The molecule has 0 saturated carbocycles. The van der Waals surface area contributed by atoms with E-state index in [9.17, 15) is 13.2 Å². The van der Waals surface area contributed by atoms with Crippen LogP contribution in [0.2, 0.25) is 0 Å². The van der Waals surface area contributed by atoms with Crippen molar-refractivity contribution < 1.29 is 17.9 Å². The van der Waals surface area contributed by atoms with Crippen LogP contribution in [-0.4, -0.2) is 57.5 Å². The summed E-state index contributed by atoms with van der Waals surface area (Å²) in [6.45, 7) is 2.27. The van der Waals surface area contributed by atoms with Crippen LogP contribution >= 0.6 is 0 Å². The van der Waals surface area contributed by atoms with Crippen molar-refractivity contribution in [2.75, 3.05) is 38.2 Å². The van der Waals surface area contributed by atoms with Crippen molar-refractivity contribution in [3.8, 4) is 5.75 Å². The number of sulfonamides is 1. The molecule has 0 unspecified atom stereocenters. The highest BCUT2D eigenvalue weighted by atomic mass is 32.2. The Hall–Kier alpha value is -2.65. The van der Waals surface area contributed by atoms with Crippen molar-refractivity contribution in [1.82, 2.24) is 9.88 Å². The summed E-state index contributed by atoms with van der Waals surface area (Å²) < 4.78 is 28.4. The molecule has 138 valence electrons. The van der Waals surface area contributed by atoms with Gasteiger partial charge in [-0.25, -0.2) is 18.5 Å². The third-order valence-corrected chi connectivity index (χ3v) is 5.18. The molecule has 1 amide bonds. The topological polar surface area (TPSA) is 106 Å². The normalized spacial score (nSPS) is 15.0. The zero-order chi connectivity index (χ0) is 18.7. The molecule has 0 radical (unpaired) electrons. The van der Waals surface area contributed by atoms with E-state index in [0.29, 0.717) is 31.9 Å². The van der Waals surface area contributed by atoms with Gasteiger partial charge in [-0.3, -0.25) is 4.79 Å². The first-order chi connectivity index (χ1) is 12.4. The SMILES string of the molecule is COc1ccc(S(N)(=O)=O)cc1C(=O)N1CCN(c2ccccn2)CC1. The predicted octanol–water partition coefficient (Wildman–Crippen LogP) is 0.700. The van der Waals surface area contributed by atoms with E-state index in [1.165, 1.54) is 25.3 Å². The third-order valence-electron chi connectivity index (χ3n) is 4.27. The van der Waals surface area contributed by atoms with Crippen LogP contribution in [-0.2, 0) is 10.0 Å². The first-order valence-corrected chi connectivity index (χ1v) is 9.61. The summed E-state index contributed by atoms with van der Waals surface area (Å²) in [6.07, 6.45) is 1.73. The number of piperazine rings is 1. The first-order valence-electron chi connectivity index (χ1n) is 8.06. The molecule has 0 spiro atoms. The van der Waals surface area contributed by atoms with Crippen molar-refractivity contribution >= 4 is 21.7 Å². The molecule has 3 rings (SSSR count). The highest BCUT2D eigenvalue weighted by molar-refractivity contribution is 7.89. The van der Waals surface area contributed by atoms with Crippen LogP contribution < -0.4 is 14.8 Å². The number of nitrogens with two attached hydrogens (primary N) is 1. The highest BCUT2D eigenvalue weighted by Gasteiger charge is 2.26. The van der Waals surface area contributed by atoms with Gasteiger partial charge in [0.05, 0.1) is 17.6 Å². The number of amides is 1. The second-order valence-corrected chi connectivity index (χ2v) is 7.44. The fourth-order valence-corrected chi connectivity index (χ4v) is 3.42. The minimum atomic E-state index is -3.90. The molecule has 9 heteroatoms. The van der Waals surface area contributed by atoms with Crippen molar-refractivity contribution in [1.29, 1.82) is 0 Å². The first kappa shape index (κ1) is 18.2. The Morgan fingerprint density at radius 3 is 2.46 bits per heavy atom. The molecule has 26 heavy (non-hydrogen) atoms. The summed E-state index contributed by atoms with van der Waals surface area (Å²) in [5, 5.41) is 5.17. The van der Waals surface area contributed by atoms with Gasteiger partial charge in [0, 0.05) is 32.4 Å². The van der Waals surface area contributed by atoms with Crippen molar-refractivity contribution in [3.05, 3.63) is 48.2 Å². The second-order valence-electron chi connectivity index (χ2n) is 5.87. The number of pyridine rings is 1. The van der Waals surface area contributed by atoms with Gasteiger partial charge >= 0.3 is 0 Å². The lowest BCUT2D eigenvalue weighted by molar-refractivity contribution is 0.0743. The van der Waals surface area contributed by atoms with E-state index in [0.717, 1.165) is 5.82 Å². The van der Waals surface area contributed by atoms with E-state index < -0.39 is 10.0 Å². The van der Waals surface area contributed by atoms with E-state index >= 15 is 0 Å². The van der Waals surface area contributed by atoms with Gasteiger partial charge in [-0.1, -0.05) is 6.07 Å². The summed E-state index contributed by atoms with van der Waals surface area (Å²) in [5.41, 5.74) is 0.185. The number of methoxy groups -OCH3 is 1. The average molecular weight is 376 g/mol. The van der Waals surface area contributed by atoms with Crippen LogP contribution in [0.5, 0.6) is 5.75 Å². The van der Waals surface area contributed by atoms with Gasteiger partial charge in [-0.15, -0.1) is 0 Å². The molecule has 1 fully saturated rings. The van der Waals surface area contributed by atoms with Gasteiger partial charge in [0.15, 0.2) is 0 Å². The number of benzene rings is 1. The molecule has 1 aliphatic heterocycles. The number of hydrogen-bond acceptors (Lipinski definition) is 6. The number of ether oxygens (including phenoxy) is 1. The average Bonchev–Trinajstić information content (AvgIpc) is 2.67. The van der Waals surface area contributed by atoms with Gasteiger partial charge in [0.25, 0.3) is 5.91 Å². The number of carbonyl (C=O) groups is 1. The zero-order valence-corrected chi connectivity index (χ0v) is 15.1. The summed E-state index contributed by atoms with van der Waals surface area (Å²) in [5.74, 6) is 0.899. The van der Waals surface area contributed by atoms with Crippen LogP contribution in [0.1, 0.15) is 10.4 Å². The minimum absolute atomic E-state index is 0.117. The molecule has 1 aromatic heterocycles.